The van der Waals surface area contributed by atoms with Crippen LogP contribution in [0.5, 0.6) is 0 Å². The Morgan fingerprint density at radius 3 is 2.71 bits per heavy atom. The van der Waals surface area contributed by atoms with Crippen LogP contribution in [0.3, 0.4) is 0 Å². The van der Waals surface area contributed by atoms with Crippen molar-refractivity contribution in [2.45, 2.75) is 51.5 Å². The van der Waals surface area contributed by atoms with Crippen LogP contribution in [0.15, 0.2) is 24.5 Å². The first kappa shape index (κ1) is 12.6. The van der Waals surface area contributed by atoms with Crippen molar-refractivity contribution < 1.29 is 0 Å². The molecular formula is C15H24N2. The number of nitrogens with one attached hydrogen (secondary N) is 1. The Balaban J connectivity index is 1.77. The second kappa shape index (κ2) is 6.75. The quantitative estimate of drug-likeness (QED) is 0.801. The minimum absolute atomic E-state index is 0.423. The molecule has 0 bridgehead atoms. The third-order valence-electron chi connectivity index (χ3n) is 3.87. The SMILES string of the molecule is CC(NCC1CCCCCC1)c1cccnc1. The van der Waals surface area contributed by atoms with Crippen molar-refractivity contribution in [3.05, 3.63) is 30.1 Å². The number of aromatic nitrogens is 1. The van der Waals surface area contributed by atoms with Gasteiger partial charge in [-0.15, -0.1) is 0 Å². The zero-order valence-electron chi connectivity index (χ0n) is 10.9. The van der Waals surface area contributed by atoms with Gasteiger partial charge < -0.3 is 5.32 Å². The van der Waals surface area contributed by atoms with Gasteiger partial charge in [0.15, 0.2) is 0 Å². The van der Waals surface area contributed by atoms with Gasteiger partial charge in [0.1, 0.15) is 0 Å². The summed E-state index contributed by atoms with van der Waals surface area (Å²) in [7, 11) is 0. The molecule has 0 aliphatic heterocycles. The van der Waals surface area contributed by atoms with Gasteiger partial charge in [0.25, 0.3) is 0 Å². The van der Waals surface area contributed by atoms with E-state index in [0.717, 1.165) is 12.5 Å². The van der Waals surface area contributed by atoms with Crippen LogP contribution in [0.4, 0.5) is 0 Å². The molecule has 0 spiro atoms. The number of pyridine rings is 1. The Labute approximate surface area is 105 Å². The highest BCUT2D eigenvalue weighted by Gasteiger charge is 2.13. The van der Waals surface area contributed by atoms with E-state index in [1.165, 1.54) is 44.1 Å². The summed E-state index contributed by atoms with van der Waals surface area (Å²) in [4.78, 5) is 4.18. The molecule has 1 fully saturated rings. The van der Waals surface area contributed by atoms with Crippen LogP contribution in [-0.4, -0.2) is 11.5 Å². The number of rotatable bonds is 4. The summed E-state index contributed by atoms with van der Waals surface area (Å²) < 4.78 is 0. The number of hydrogen-bond acceptors (Lipinski definition) is 2. The van der Waals surface area contributed by atoms with Crippen molar-refractivity contribution in [3.8, 4) is 0 Å². The van der Waals surface area contributed by atoms with Crippen molar-refractivity contribution in [2.24, 2.45) is 5.92 Å². The minimum Gasteiger partial charge on any atom is -0.310 e. The predicted octanol–water partition coefficient (Wildman–Crippen LogP) is 3.70. The van der Waals surface area contributed by atoms with E-state index in [0.29, 0.717) is 6.04 Å². The topological polar surface area (TPSA) is 24.9 Å². The molecule has 1 atom stereocenters. The highest BCUT2D eigenvalue weighted by atomic mass is 14.9. The normalized spacial score (nSPS) is 19.8. The van der Waals surface area contributed by atoms with Crippen molar-refractivity contribution >= 4 is 0 Å². The van der Waals surface area contributed by atoms with Gasteiger partial charge in [0, 0.05) is 18.4 Å². The fraction of sp³-hybridized carbons (Fsp3) is 0.667. The minimum atomic E-state index is 0.423. The lowest BCUT2D eigenvalue weighted by Gasteiger charge is -2.19. The zero-order chi connectivity index (χ0) is 11.9. The molecule has 0 saturated heterocycles. The summed E-state index contributed by atoms with van der Waals surface area (Å²) in [6.07, 6.45) is 12.3. The van der Waals surface area contributed by atoms with Gasteiger partial charge in [0.2, 0.25) is 0 Å². The Morgan fingerprint density at radius 2 is 2.06 bits per heavy atom. The zero-order valence-corrected chi connectivity index (χ0v) is 10.9. The summed E-state index contributed by atoms with van der Waals surface area (Å²) in [5, 5.41) is 3.66. The van der Waals surface area contributed by atoms with Gasteiger partial charge in [-0.25, -0.2) is 0 Å². The fourth-order valence-corrected chi connectivity index (χ4v) is 2.66. The van der Waals surface area contributed by atoms with E-state index < -0.39 is 0 Å². The molecule has 1 saturated carbocycles. The van der Waals surface area contributed by atoms with Crippen LogP contribution in [0.2, 0.25) is 0 Å². The highest BCUT2D eigenvalue weighted by molar-refractivity contribution is 5.12. The van der Waals surface area contributed by atoms with Crippen LogP contribution in [0.1, 0.15) is 57.1 Å². The second-order valence-corrected chi connectivity index (χ2v) is 5.27. The molecule has 0 aromatic carbocycles. The Hall–Kier alpha value is -0.890. The van der Waals surface area contributed by atoms with Crippen molar-refractivity contribution in [1.82, 2.24) is 10.3 Å². The lowest BCUT2D eigenvalue weighted by atomic mass is 9.99. The van der Waals surface area contributed by atoms with E-state index in [2.05, 4.69) is 23.3 Å². The molecule has 2 rings (SSSR count). The molecule has 1 aliphatic carbocycles. The smallest absolute Gasteiger partial charge is 0.0315 e. The van der Waals surface area contributed by atoms with Crippen LogP contribution in [-0.2, 0) is 0 Å². The predicted molar refractivity (Wildman–Crippen MR) is 71.8 cm³/mol. The molecule has 17 heavy (non-hydrogen) atoms. The third kappa shape index (κ3) is 4.12. The van der Waals surface area contributed by atoms with Crippen molar-refractivity contribution in [1.29, 1.82) is 0 Å². The maximum atomic E-state index is 4.18. The molecule has 1 aromatic heterocycles. The van der Waals surface area contributed by atoms with Gasteiger partial charge >= 0.3 is 0 Å². The number of nitrogens with zero attached hydrogens (tertiary/aromatic N) is 1. The van der Waals surface area contributed by atoms with Gasteiger partial charge in [-0.2, -0.15) is 0 Å². The number of hydrogen-bond donors (Lipinski definition) is 1. The highest BCUT2D eigenvalue weighted by Crippen LogP contribution is 2.23. The summed E-state index contributed by atoms with van der Waals surface area (Å²) in [5.74, 6) is 0.886. The van der Waals surface area contributed by atoms with Gasteiger partial charge in [-0.05, 0) is 43.9 Å². The summed E-state index contributed by atoms with van der Waals surface area (Å²) in [6.45, 7) is 3.39. The summed E-state index contributed by atoms with van der Waals surface area (Å²) in [6, 6.07) is 4.59. The molecular weight excluding hydrogens is 208 g/mol. The second-order valence-electron chi connectivity index (χ2n) is 5.27. The standard InChI is InChI=1S/C15H24N2/c1-13(15-9-6-10-16-12-15)17-11-14-7-4-2-3-5-8-14/h6,9-10,12-14,17H,2-5,7-8,11H2,1H3. The molecule has 1 heterocycles. The third-order valence-corrected chi connectivity index (χ3v) is 3.87. The molecule has 2 heteroatoms. The first-order valence-electron chi connectivity index (χ1n) is 6.99. The Kier molecular flexibility index (Phi) is 4.99. The van der Waals surface area contributed by atoms with Gasteiger partial charge in [0.05, 0.1) is 0 Å². The van der Waals surface area contributed by atoms with Crippen LogP contribution >= 0.6 is 0 Å². The summed E-state index contributed by atoms with van der Waals surface area (Å²) >= 11 is 0. The lowest BCUT2D eigenvalue weighted by molar-refractivity contribution is 0.402. The van der Waals surface area contributed by atoms with Crippen LogP contribution in [0.25, 0.3) is 0 Å². The Morgan fingerprint density at radius 1 is 1.29 bits per heavy atom. The van der Waals surface area contributed by atoms with E-state index in [4.69, 9.17) is 0 Å². The Bertz CT molecular complexity index is 302. The molecule has 1 unspecified atom stereocenters. The summed E-state index contributed by atoms with van der Waals surface area (Å²) in [5.41, 5.74) is 1.29. The monoisotopic (exact) mass is 232 g/mol. The van der Waals surface area contributed by atoms with E-state index in [1.807, 2.05) is 18.5 Å². The maximum absolute atomic E-state index is 4.18. The molecule has 0 amide bonds. The first-order chi connectivity index (χ1) is 8.36. The molecule has 94 valence electrons. The first-order valence-corrected chi connectivity index (χ1v) is 6.99. The van der Waals surface area contributed by atoms with E-state index in [-0.39, 0.29) is 0 Å². The van der Waals surface area contributed by atoms with E-state index in [9.17, 15) is 0 Å². The van der Waals surface area contributed by atoms with E-state index >= 15 is 0 Å². The molecule has 1 aliphatic rings. The maximum Gasteiger partial charge on any atom is 0.0315 e. The largest absolute Gasteiger partial charge is 0.310 e. The van der Waals surface area contributed by atoms with Gasteiger partial charge in [-0.3, -0.25) is 4.98 Å². The fourth-order valence-electron chi connectivity index (χ4n) is 2.66. The van der Waals surface area contributed by atoms with Crippen LogP contribution in [0, 0.1) is 5.92 Å². The average molecular weight is 232 g/mol. The lowest BCUT2D eigenvalue weighted by Crippen LogP contribution is -2.25. The molecule has 1 aromatic rings. The van der Waals surface area contributed by atoms with Crippen molar-refractivity contribution in [2.75, 3.05) is 6.54 Å². The van der Waals surface area contributed by atoms with Crippen molar-refractivity contribution in [3.63, 3.8) is 0 Å². The molecule has 1 N–H and O–H groups in total. The molecule has 2 nitrogen and oxygen atoms in total. The van der Waals surface area contributed by atoms with E-state index in [1.54, 1.807) is 0 Å². The molecule has 0 radical (unpaired) electrons. The van der Waals surface area contributed by atoms with Gasteiger partial charge in [-0.1, -0.05) is 31.7 Å². The average Bonchev–Trinajstić information content (AvgIpc) is 2.65. The van der Waals surface area contributed by atoms with Crippen LogP contribution < -0.4 is 5.32 Å².